The fourth-order valence-corrected chi connectivity index (χ4v) is 2.34. The molecule has 0 unspecified atom stereocenters. The zero-order valence-electron chi connectivity index (χ0n) is 13.4. The fraction of sp³-hybridized carbons (Fsp3) is 0.278. The van der Waals surface area contributed by atoms with E-state index in [1.165, 1.54) is 0 Å². The molecule has 0 bridgehead atoms. The molecule has 0 saturated carbocycles. The van der Waals surface area contributed by atoms with Crippen LogP contribution in [0.15, 0.2) is 48.5 Å². The Kier molecular flexibility index (Phi) is 4.77. The molecule has 0 aromatic heterocycles. The van der Waals surface area contributed by atoms with Gasteiger partial charge in [-0.1, -0.05) is 29.3 Å². The molecule has 3 nitrogen and oxygen atoms in total. The van der Waals surface area contributed by atoms with Gasteiger partial charge < -0.3 is 5.32 Å². The second-order valence-electron chi connectivity index (χ2n) is 6.28. The van der Waals surface area contributed by atoms with Gasteiger partial charge in [-0.05, 0) is 64.1 Å². The van der Waals surface area contributed by atoms with Crippen LogP contribution in [0.25, 0.3) is 0 Å². The number of anilines is 2. The van der Waals surface area contributed by atoms with Crippen molar-refractivity contribution < 1.29 is 4.79 Å². The second kappa shape index (κ2) is 6.41. The molecule has 116 valence electrons. The predicted octanol–water partition coefficient (Wildman–Crippen LogP) is 5.49. The highest BCUT2D eigenvalue weighted by Crippen LogP contribution is 2.25. The third-order valence-corrected chi connectivity index (χ3v) is 3.51. The molecule has 2 aromatic carbocycles. The molecule has 4 heteroatoms. The van der Waals surface area contributed by atoms with Crippen molar-refractivity contribution in [1.82, 2.24) is 0 Å². The number of nitrogens with one attached hydrogen (secondary N) is 1. The Balaban J connectivity index is 2.27. The Morgan fingerprint density at radius 3 is 2.05 bits per heavy atom. The van der Waals surface area contributed by atoms with Gasteiger partial charge in [-0.3, -0.25) is 4.90 Å². The summed E-state index contributed by atoms with van der Waals surface area (Å²) in [5.41, 5.74) is 2.40. The van der Waals surface area contributed by atoms with Gasteiger partial charge in [0.05, 0.1) is 0 Å². The number of halogens is 1. The zero-order chi connectivity index (χ0) is 16.3. The van der Waals surface area contributed by atoms with Gasteiger partial charge in [-0.25, -0.2) is 4.79 Å². The lowest BCUT2D eigenvalue weighted by Crippen LogP contribution is -2.48. The van der Waals surface area contributed by atoms with Gasteiger partial charge in [0.25, 0.3) is 0 Å². The summed E-state index contributed by atoms with van der Waals surface area (Å²) in [7, 11) is 0. The SMILES string of the molecule is Cc1ccc(N(C(=O)Nc2ccc(Cl)cc2)C(C)(C)C)cc1. The van der Waals surface area contributed by atoms with E-state index in [4.69, 9.17) is 11.6 Å². The standard InChI is InChI=1S/C18H21ClN2O/c1-13-5-11-16(12-6-13)21(18(2,3)4)17(22)20-15-9-7-14(19)8-10-15/h5-12H,1-4H3,(H,20,22). The first-order valence-corrected chi connectivity index (χ1v) is 7.58. The van der Waals surface area contributed by atoms with E-state index >= 15 is 0 Å². The Bertz CT molecular complexity index is 642. The molecule has 0 aliphatic rings. The first kappa shape index (κ1) is 16.4. The predicted molar refractivity (Wildman–Crippen MR) is 93.9 cm³/mol. The van der Waals surface area contributed by atoms with Crippen molar-refractivity contribution in [2.75, 3.05) is 10.2 Å². The minimum Gasteiger partial charge on any atom is -0.308 e. The van der Waals surface area contributed by atoms with E-state index in [9.17, 15) is 4.79 Å². The first-order valence-electron chi connectivity index (χ1n) is 7.21. The summed E-state index contributed by atoms with van der Waals surface area (Å²) >= 11 is 5.87. The lowest BCUT2D eigenvalue weighted by atomic mass is 10.0. The molecule has 0 saturated heterocycles. The number of aryl methyl sites for hydroxylation is 1. The van der Waals surface area contributed by atoms with Crippen molar-refractivity contribution in [3.63, 3.8) is 0 Å². The average molecular weight is 317 g/mol. The van der Waals surface area contributed by atoms with Crippen LogP contribution < -0.4 is 10.2 Å². The monoisotopic (exact) mass is 316 g/mol. The van der Waals surface area contributed by atoms with Crippen molar-refractivity contribution >= 4 is 29.0 Å². The highest BCUT2D eigenvalue weighted by Gasteiger charge is 2.28. The topological polar surface area (TPSA) is 32.3 Å². The summed E-state index contributed by atoms with van der Waals surface area (Å²) in [4.78, 5) is 14.5. The van der Waals surface area contributed by atoms with Gasteiger partial charge in [0.15, 0.2) is 0 Å². The van der Waals surface area contributed by atoms with E-state index in [1.807, 2.05) is 52.0 Å². The maximum absolute atomic E-state index is 12.7. The minimum atomic E-state index is -0.342. The summed E-state index contributed by atoms with van der Waals surface area (Å²) < 4.78 is 0. The molecule has 0 spiro atoms. The molecular weight excluding hydrogens is 296 g/mol. The summed E-state index contributed by atoms with van der Waals surface area (Å²) in [5, 5.41) is 3.56. The summed E-state index contributed by atoms with van der Waals surface area (Å²) in [6, 6.07) is 14.8. The molecule has 2 aromatic rings. The van der Waals surface area contributed by atoms with Crippen molar-refractivity contribution in [2.24, 2.45) is 0 Å². The van der Waals surface area contributed by atoms with E-state index in [2.05, 4.69) is 5.32 Å². The largest absolute Gasteiger partial charge is 0.326 e. The molecule has 0 radical (unpaired) electrons. The average Bonchev–Trinajstić information content (AvgIpc) is 2.42. The van der Waals surface area contributed by atoms with E-state index in [0.29, 0.717) is 5.02 Å². The third kappa shape index (κ3) is 4.01. The first-order chi connectivity index (χ1) is 10.3. The van der Waals surface area contributed by atoms with Crippen LogP contribution in [0.4, 0.5) is 16.2 Å². The third-order valence-electron chi connectivity index (χ3n) is 3.26. The maximum Gasteiger partial charge on any atom is 0.326 e. The number of carbonyl (C=O) groups excluding carboxylic acids is 1. The highest BCUT2D eigenvalue weighted by molar-refractivity contribution is 6.30. The van der Waals surface area contributed by atoms with E-state index in [0.717, 1.165) is 16.9 Å². The number of urea groups is 1. The van der Waals surface area contributed by atoms with Crippen molar-refractivity contribution in [3.05, 3.63) is 59.1 Å². The highest BCUT2D eigenvalue weighted by atomic mass is 35.5. The quantitative estimate of drug-likeness (QED) is 0.781. The Hall–Kier alpha value is -2.00. The Morgan fingerprint density at radius 1 is 1.00 bits per heavy atom. The van der Waals surface area contributed by atoms with Gasteiger partial charge in [-0.15, -0.1) is 0 Å². The number of hydrogen-bond donors (Lipinski definition) is 1. The van der Waals surface area contributed by atoms with Gasteiger partial charge in [0.1, 0.15) is 0 Å². The van der Waals surface area contributed by atoms with E-state index in [1.54, 1.807) is 29.2 Å². The van der Waals surface area contributed by atoms with Crippen molar-refractivity contribution in [2.45, 2.75) is 33.2 Å². The Labute approximate surface area is 136 Å². The summed E-state index contributed by atoms with van der Waals surface area (Å²) in [6.07, 6.45) is 0. The number of nitrogens with zero attached hydrogens (tertiary/aromatic N) is 1. The molecule has 1 N–H and O–H groups in total. The van der Waals surface area contributed by atoms with Crippen LogP contribution in [-0.2, 0) is 0 Å². The number of hydrogen-bond acceptors (Lipinski definition) is 1. The second-order valence-corrected chi connectivity index (χ2v) is 6.72. The lowest BCUT2D eigenvalue weighted by Gasteiger charge is -2.35. The Morgan fingerprint density at radius 2 is 1.55 bits per heavy atom. The van der Waals surface area contributed by atoms with Crippen LogP contribution in [0, 0.1) is 6.92 Å². The van der Waals surface area contributed by atoms with Gasteiger partial charge in [0.2, 0.25) is 0 Å². The maximum atomic E-state index is 12.7. The molecule has 2 amide bonds. The van der Waals surface area contributed by atoms with E-state index < -0.39 is 0 Å². The molecule has 0 aliphatic heterocycles. The fourth-order valence-electron chi connectivity index (χ4n) is 2.22. The molecule has 0 atom stereocenters. The number of amides is 2. The van der Waals surface area contributed by atoms with Gasteiger partial charge >= 0.3 is 6.03 Å². The minimum absolute atomic E-state index is 0.168. The van der Waals surface area contributed by atoms with Crippen LogP contribution >= 0.6 is 11.6 Å². The van der Waals surface area contributed by atoms with Crippen LogP contribution in [0.1, 0.15) is 26.3 Å². The number of rotatable bonds is 2. The van der Waals surface area contributed by atoms with Crippen LogP contribution in [0.5, 0.6) is 0 Å². The number of carbonyl (C=O) groups is 1. The van der Waals surface area contributed by atoms with E-state index in [-0.39, 0.29) is 11.6 Å². The van der Waals surface area contributed by atoms with Crippen molar-refractivity contribution in [3.8, 4) is 0 Å². The lowest BCUT2D eigenvalue weighted by molar-refractivity contribution is 0.252. The van der Waals surface area contributed by atoms with Crippen LogP contribution in [0.2, 0.25) is 5.02 Å². The van der Waals surface area contributed by atoms with Crippen LogP contribution in [0.3, 0.4) is 0 Å². The van der Waals surface area contributed by atoms with Gasteiger partial charge in [-0.2, -0.15) is 0 Å². The van der Waals surface area contributed by atoms with Crippen molar-refractivity contribution in [1.29, 1.82) is 0 Å². The van der Waals surface area contributed by atoms with Gasteiger partial charge in [0, 0.05) is 21.9 Å². The summed E-state index contributed by atoms with van der Waals surface area (Å²) in [6.45, 7) is 8.05. The molecule has 22 heavy (non-hydrogen) atoms. The molecule has 0 heterocycles. The molecule has 0 fully saturated rings. The number of benzene rings is 2. The van der Waals surface area contributed by atoms with Crippen LogP contribution in [-0.4, -0.2) is 11.6 Å². The smallest absolute Gasteiger partial charge is 0.308 e. The molecular formula is C18H21ClN2O. The molecule has 0 aliphatic carbocycles. The summed E-state index contributed by atoms with van der Waals surface area (Å²) in [5.74, 6) is 0. The molecule has 2 rings (SSSR count). The zero-order valence-corrected chi connectivity index (χ0v) is 14.1. The normalized spacial score (nSPS) is 11.1.